The van der Waals surface area contributed by atoms with Crippen LogP contribution in [0.4, 0.5) is 11.6 Å². The van der Waals surface area contributed by atoms with Crippen LogP contribution in [0.2, 0.25) is 0 Å². The van der Waals surface area contributed by atoms with Gasteiger partial charge in [-0.05, 0) is 40.5 Å². The van der Waals surface area contributed by atoms with Crippen molar-refractivity contribution in [2.45, 2.75) is 52.1 Å². The Balaban J connectivity index is 1.91. The van der Waals surface area contributed by atoms with Crippen LogP contribution in [0.1, 0.15) is 37.0 Å². The second-order valence-corrected chi connectivity index (χ2v) is 7.91. The van der Waals surface area contributed by atoms with E-state index in [9.17, 15) is 8.42 Å². The van der Waals surface area contributed by atoms with Crippen molar-refractivity contribution in [1.29, 1.82) is 0 Å². The molecule has 0 atom stereocenters. The number of rotatable bonds is 5. The maximum absolute atomic E-state index is 12.7. The fourth-order valence-corrected chi connectivity index (χ4v) is 4.21. The smallest absolute Gasteiger partial charge is 0.281 e. The van der Waals surface area contributed by atoms with Gasteiger partial charge in [-0.2, -0.15) is 8.42 Å². The van der Waals surface area contributed by atoms with E-state index in [-0.39, 0.29) is 5.03 Å². The first-order valence-corrected chi connectivity index (χ1v) is 9.97. The van der Waals surface area contributed by atoms with E-state index in [1.165, 1.54) is 0 Å². The predicted molar refractivity (Wildman–Crippen MR) is 96.4 cm³/mol. The maximum Gasteiger partial charge on any atom is 0.281 e. The molecule has 1 N–H and O–H groups in total. The minimum absolute atomic E-state index is 0.00858. The van der Waals surface area contributed by atoms with Crippen molar-refractivity contribution in [3.05, 3.63) is 23.4 Å². The van der Waals surface area contributed by atoms with Crippen LogP contribution in [0.3, 0.4) is 0 Å². The zero-order chi connectivity index (χ0) is 18.2. The molecule has 8 nitrogen and oxygen atoms in total. The number of hydrogen-bond acceptors (Lipinski definition) is 6. The molecule has 3 heterocycles. The molecule has 0 saturated carbocycles. The summed E-state index contributed by atoms with van der Waals surface area (Å²) >= 11 is 0. The van der Waals surface area contributed by atoms with Gasteiger partial charge >= 0.3 is 0 Å². The molecule has 2 aromatic rings. The summed E-state index contributed by atoms with van der Waals surface area (Å²) in [5, 5.41) is 0.00858. The van der Waals surface area contributed by atoms with Crippen LogP contribution >= 0.6 is 0 Å². The van der Waals surface area contributed by atoms with Crippen molar-refractivity contribution in [3.63, 3.8) is 0 Å². The van der Waals surface area contributed by atoms with Gasteiger partial charge in [0.15, 0.2) is 5.03 Å². The summed E-state index contributed by atoms with van der Waals surface area (Å²) in [6, 6.07) is 0. The molecule has 1 fully saturated rings. The van der Waals surface area contributed by atoms with Gasteiger partial charge in [0.2, 0.25) is 5.95 Å². The molecule has 136 valence electrons. The molecule has 0 spiro atoms. The highest BCUT2D eigenvalue weighted by atomic mass is 32.2. The molecule has 0 unspecified atom stereocenters. The maximum atomic E-state index is 12.7. The van der Waals surface area contributed by atoms with Gasteiger partial charge < -0.3 is 9.47 Å². The van der Waals surface area contributed by atoms with Crippen molar-refractivity contribution in [2.75, 3.05) is 22.7 Å². The summed E-state index contributed by atoms with van der Waals surface area (Å²) in [4.78, 5) is 15.3. The minimum Gasteiger partial charge on any atom is -0.341 e. The SMILES string of the molecule is CCn1cc(S(=O)(=O)Nc2c(C)nc(N3CCCC3)nc2C)nc1C. The van der Waals surface area contributed by atoms with E-state index in [1.807, 2.05) is 6.92 Å². The van der Waals surface area contributed by atoms with Crippen molar-refractivity contribution in [3.8, 4) is 0 Å². The van der Waals surface area contributed by atoms with Crippen LogP contribution in [0, 0.1) is 20.8 Å². The molecule has 9 heteroatoms. The van der Waals surface area contributed by atoms with E-state index < -0.39 is 10.0 Å². The van der Waals surface area contributed by atoms with E-state index in [0.29, 0.717) is 35.4 Å². The van der Waals surface area contributed by atoms with E-state index in [0.717, 1.165) is 25.9 Å². The van der Waals surface area contributed by atoms with Gasteiger partial charge in [0.1, 0.15) is 5.82 Å². The number of nitrogens with zero attached hydrogens (tertiary/aromatic N) is 5. The van der Waals surface area contributed by atoms with Crippen LogP contribution in [0.25, 0.3) is 0 Å². The Bertz CT molecular complexity index is 861. The van der Waals surface area contributed by atoms with Crippen LogP contribution in [-0.2, 0) is 16.6 Å². The monoisotopic (exact) mass is 364 g/mol. The third-order valence-electron chi connectivity index (χ3n) is 4.45. The highest BCUT2D eigenvalue weighted by Gasteiger charge is 2.23. The van der Waals surface area contributed by atoms with Gasteiger partial charge in [-0.15, -0.1) is 0 Å². The molecule has 0 amide bonds. The molecular weight excluding hydrogens is 340 g/mol. The van der Waals surface area contributed by atoms with E-state index >= 15 is 0 Å². The summed E-state index contributed by atoms with van der Waals surface area (Å²) in [6.07, 6.45) is 3.81. The molecule has 1 aliphatic heterocycles. The first kappa shape index (κ1) is 17.7. The second-order valence-electron chi connectivity index (χ2n) is 6.28. The minimum atomic E-state index is -3.78. The molecule has 1 aliphatic rings. The summed E-state index contributed by atoms with van der Waals surface area (Å²) in [5.41, 5.74) is 1.65. The zero-order valence-corrected chi connectivity index (χ0v) is 15.9. The van der Waals surface area contributed by atoms with E-state index in [2.05, 4.69) is 24.6 Å². The zero-order valence-electron chi connectivity index (χ0n) is 15.1. The molecule has 0 bridgehead atoms. The quantitative estimate of drug-likeness (QED) is 0.872. The average molecular weight is 364 g/mol. The van der Waals surface area contributed by atoms with Gasteiger partial charge in [0, 0.05) is 25.8 Å². The highest BCUT2D eigenvalue weighted by molar-refractivity contribution is 7.92. The number of anilines is 2. The summed E-state index contributed by atoms with van der Waals surface area (Å²) in [5.74, 6) is 1.33. The third kappa shape index (κ3) is 3.46. The first-order valence-electron chi connectivity index (χ1n) is 8.48. The largest absolute Gasteiger partial charge is 0.341 e. The molecule has 1 saturated heterocycles. The topological polar surface area (TPSA) is 93.0 Å². The third-order valence-corrected chi connectivity index (χ3v) is 5.67. The van der Waals surface area contributed by atoms with Gasteiger partial charge in [0.05, 0.1) is 17.1 Å². The van der Waals surface area contributed by atoms with Crippen molar-refractivity contribution in [2.24, 2.45) is 0 Å². The predicted octanol–water partition coefficient (Wildman–Crippen LogP) is 2.02. The molecule has 0 aromatic carbocycles. The standard InChI is InChI=1S/C16H24N6O2S/c1-5-21-10-14(19-13(21)4)25(23,24)20-15-11(2)17-16(18-12(15)3)22-8-6-7-9-22/h10,20H,5-9H2,1-4H3. The lowest BCUT2D eigenvalue weighted by Crippen LogP contribution is -2.22. The van der Waals surface area contributed by atoms with Crippen LogP contribution in [-0.4, -0.2) is 41.0 Å². The molecular formula is C16H24N6O2S. The van der Waals surface area contributed by atoms with Crippen molar-refractivity contribution >= 4 is 21.7 Å². The van der Waals surface area contributed by atoms with Gasteiger partial charge in [0.25, 0.3) is 10.0 Å². The number of aryl methyl sites for hydroxylation is 4. The summed E-state index contributed by atoms with van der Waals surface area (Å²) in [7, 11) is -3.78. The highest BCUT2D eigenvalue weighted by Crippen LogP contribution is 2.25. The molecule has 25 heavy (non-hydrogen) atoms. The van der Waals surface area contributed by atoms with Gasteiger partial charge in [-0.1, -0.05) is 0 Å². The second kappa shape index (κ2) is 6.62. The van der Waals surface area contributed by atoms with Crippen LogP contribution in [0.5, 0.6) is 0 Å². The van der Waals surface area contributed by atoms with Crippen LogP contribution in [0.15, 0.2) is 11.2 Å². The summed E-state index contributed by atoms with van der Waals surface area (Å²) < 4.78 is 29.8. The Morgan fingerprint density at radius 3 is 2.20 bits per heavy atom. The lowest BCUT2D eigenvalue weighted by molar-refractivity contribution is 0.597. The first-order chi connectivity index (χ1) is 11.8. The Labute approximate surface area is 148 Å². The van der Waals surface area contributed by atoms with E-state index in [4.69, 9.17) is 0 Å². The fourth-order valence-electron chi connectivity index (χ4n) is 3.02. The van der Waals surface area contributed by atoms with E-state index in [1.54, 1.807) is 31.5 Å². The molecule has 3 rings (SSSR count). The Hall–Kier alpha value is -2.16. The fraction of sp³-hybridized carbons (Fsp3) is 0.562. The Kier molecular flexibility index (Phi) is 4.68. The number of sulfonamides is 1. The number of imidazole rings is 1. The van der Waals surface area contributed by atoms with Crippen LogP contribution < -0.4 is 9.62 Å². The number of hydrogen-bond donors (Lipinski definition) is 1. The Morgan fingerprint density at radius 1 is 1.08 bits per heavy atom. The lowest BCUT2D eigenvalue weighted by atomic mass is 10.3. The van der Waals surface area contributed by atoms with Gasteiger partial charge in [-0.3, -0.25) is 4.72 Å². The van der Waals surface area contributed by atoms with Crippen molar-refractivity contribution < 1.29 is 8.42 Å². The average Bonchev–Trinajstić information content (AvgIpc) is 3.20. The number of aromatic nitrogens is 4. The number of nitrogens with one attached hydrogen (secondary N) is 1. The summed E-state index contributed by atoms with van der Waals surface area (Å²) in [6.45, 7) is 9.87. The lowest BCUT2D eigenvalue weighted by Gasteiger charge is -2.18. The van der Waals surface area contributed by atoms with Crippen molar-refractivity contribution in [1.82, 2.24) is 19.5 Å². The Morgan fingerprint density at radius 2 is 1.68 bits per heavy atom. The molecule has 0 aliphatic carbocycles. The normalized spacial score (nSPS) is 15.0. The molecule has 2 aromatic heterocycles. The van der Waals surface area contributed by atoms with Gasteiger partial charge in [-0.25, -0.2) is 15.0 Å². The molecule has 0 radical (unpaired) electrons.